The van der Waals surface area contributed by atoms with Gasteiger partial charge in [0.05, 0.1) is 23.8 Å². The number of hydrogen-bond acceptors (Lipinski definition) is 5. The van der Waals surface area contributed by atoms with Gasteiger partial charge in [-0.05, 0) is 18.2 Å². The average Bonchev–Trinajstić information content (AvgIpc) is 2.97. The Labute approximate surface area is 162 Å². The van der Waals surface area contributed by atoms with Gasteiger partial charge in [-0.25, -0.2) is 4.39 Å². The van der Waals surface area contributed by atoms with E-state index in [-0.39, 0.29) is 23.1 Å². The molecule has 3 unspecified atom stereocenters. The molecule has 9 heteroatoms. The van der Waals surface area contributed by atoms with E-state index in [1.54, 1.807) is 11.8 Å². The van der Waals surface area contributed by atoms with Crippen molar-refractivity contribution < 1.29 is 23.8 Å². The van der Waals surface area contributed by atoms with Crippen LogP contribution in [0.5, 0.6) is 0 Å². The number of carbonyl (C=O) groups excluding carboxylic acids is 2. The molecule has 2 aliphatic rings. The molecule has 0 spiro atoms. The van der Waals surface area contributed by atoms with Gasteiger partial charge in [0.15, 0.2) is 0 Å². The molecule has 148 valence electrons. The highest BCUT2D eigenvalue weighted by Gasteiger charge is 2.38. The minimum absolute atomic E-state index is 0.0653. The molecule has 2 aliphatic heterocycles. The summed E-state index contributed by atoms with van der Waals surface area (Å²) >= 11 is 5.71. The molecule has 7 nitrogen and oxygen atoms in total. The standard InChI is InChI=1S/C18H23ClFN3O4/c1-11(24)23-6-4-22(5-7-23)9-16-17(25)15(10-27-16)21-18(26)12-2-3-14(20)13(19)8-12/h2-3,8,15-17,25H,4-7,9-10H2,1H3,(H,21,26). The second kappa shape index (κ2) is 8.52. The largest absolute Gasteiger partial charge is 0.388 e. The summed E-state index contributed by atoms with van der Waals surface area (Å²) in [5, 5.41) is 13.1. The molecule has 2 fully saturated rings. The zero-order valence-electron chi connectivity index (χ0n) is 15.0. The van der Waals surface area contributed by atoms with Crippen molar-refractivity contribution in [2.24, 2.45) is 0 Å². The van der Waals surface area contributed by atoms with E-state index >= 15 is 0 Å². The highest BCUT2D eigenvalue weighted by Crippen LogP contribution is 2.19. The zero-order chi connectivity index (χ0) is 19.6. The molecule has 0 saturated carbocycles. The lowest BCUT2D eigenvalue weighted by Crippen LogP contribution is -2.52. The number of aliphatic hydroxyl groups is 1. The van der Waals surface area contributed by atoms with Crippen LogP contribution in [0.1, 0.15) is 17.3 Å². The quantitative estimate of drug-likeness (QED) is 0.770. The van der Waals surface area contributed by atoms with Crippen LogP contribution in [-0.2, 0) is 9.53 Å². The molecule has 0 aromatic heterocycles. The molecule has 27 heavy (non-hydrogen) atoms. The summed E-state index contributed by atoms with van der Waals surface area (Å²) in [4.78, 5) is 27.6. The lowest BCUT2D eigenvalue weighted by Gasteiger charge is -2.35. The maximum Gasteiger partial charge on any atom is 0.251 e. The van der Waals surface area contributed by atoms with E-state index in [0.717, 1.165) is 19.2 Å². The third-order valence-corrected chi connectivity index (χ3v) is 5.33. The Balaban J connectivity index is 1.51. The number of nitrogens with one attached hydrogen (secondary N) is 1. The van der Waals surface area contributed by atoms with Crippen LogP contribution in [0.2, 0.25) is 5.02 Å². The number of benzene rings is 1. The van der Waals surface area contributed by atoms with Gasteiger partial charge < -0.3 is 20.1 Å². The Bertz CT molecular complexity index is 712. The van der Waals surface area contributed by atoms with Crippen molar-refractivity contribution in [2.45, 2.75) is 25.2 Å². The number of carbonyl (C=O) groups is 2. The Kier molecular flexibility index (Phi) is 6.31. The van der Waals surface area contributed by atoms with Gasteiger partial charge in [0, 0.05) is 45.2 Å². The third-order valence-electron chi connectivity index (χ3n) is 5.04. The van der Waals surface area contributed by atoms with Crippen molar-refractivity contribution in [3.05, 3.63) is 34.6 Å². The summed E-state index contributed by atoms with van der Waals surface area (Å²) in [6.07, 6.45) is -1.27. The van der Waals surface area contributed by atoms with E-state index < -0.39 is 30.0 Å². The first kappa shape index (κ1) is 20.0. The van der Waals surface area contributed by atoms with E-state index in [1.165, 1.54) is 12.1 Å². The van der Waals surface area contributed by atoms with Crippen molar-refractivity contribution in [3.63, 3.8) is 0 Å². The lowest BCUT2D eigenvalue weighted by atomic mass is 10.1. The van der Waals surface area contributed by atoms with Crippen LogP contribution in [0.25, 0.3) is 0 Å². The molecular weight excluding hydrogens is 377 g/mol. The van der Waals surface area contributed by atoms with Crippen molar-refractivity contribution in [2.75, 3.05) is 39.3 Å². The van der Waals surface area contributed by atoms with Gasteiger partial charge in [0.25, 0.3) is 5.91 Å². The highest BCUT2D eigenvalue weighted by molar-refractivity contribution is 6.31. The number of amides is 2. The molecule has 1 aromatic carbocycles. The van der Waals surface area contributed by atoms with Crippen molar-refractivity contribution in [1.29, 1.82) is 0 Å². The zero-order valence-corrected chi connectivity index (χ0v) is 15.8. The van der Waals surface area contributed by atoms with Gasteiger partial charge >= 0.3 is 0 Å². The van der Waals surface area contributed by atoms with E-state index in [9.17, 15) is 19.1 Å². The Morgan fingerprint density at radius 2 is 2.04 bits per heavy atom. The first-order valence-corrected chi connectivity index (χ1v) is 9.26. The van der Waals surface area contributed by atoms with Crippen molar-refractivity contribution >= 4 is 23.4 Å². The normalized spacial score (nSPS) is 26.2. The maximum atomic E-state index is 13.2. The Morgan fingerprint density at radius 3 is 2.67 bits per heavy atom. The second-order valence-electron chi connectivity index (χ2n) is 6.88. The topological polar surface area (TPSA) is 82.1 Å². The number of rotatable bonds is 4. The Hall–Kier alpha value is -1.74. The van der Waals surface area contributed by atoms with Crippen LogP contribution in [0, 0.1) is 5.82 Å². The van der Waals surface area contributed by atoms with E-state index in [0.29, 0.717) is 19.6 Å². The van der Waals surface area contributed by atoms with Crippen LogP contribution < -0.4 is 5.32 Å². The molecular formula is C18H23ClFN3O4. The van der Waals surface area contributed by atoms with Crippen LogP contribution >= 0.6 is 11.6 Å². The predicted molar refractivity (Wildman–Crippen MR) is 97.1 cm³/mol. The molecule has 3 rings (SSSR count). The van der Waals surface area contributed by atoms with E-state index in [1.807, 2.05) is 0 Å². The summed E-state index contributed by atoms with van der Waals surface area (Å²) in [5.74, 6) is -0.974. The number of halogens is 2. The summed E-state index contributed by atoms with van der Waals surface area (Å²) in [7, 11) is 0. The van der Waals surface area contributed by atoms with Gasteiger partial charge in [-0.1, -0.05) is 11.6 Å². The monoisotopic (exact) mass is 399 g/mol. The SMILES string of the molecule is CC(=O)N1CCN(CC2OCC(NC(=O)c3ccc(F)c(Cl)c3)C2O)CC1. The summed E-state index contributed by atoms with van der Waals surface area (Å²) in [5.41, 5.74) is 0.220. The first-order chi connectivity index (χ1) is 12.8. The van der Waals surface area contributed by atoms with Gasteiger partial charge in [0.2, 0.25) is 5.91 Å². The minimum Gasteiger partial charge on any atom is -0.388 e. The van der Waals surface area contributed by atoms with Crippen molar-refractivity contribution in [3.8, 4) is 0 Å². The van der Waals surface area contributed by atoms with Crippen LogP contribution in [0.15, 0.2) is 18.2 Å². The van der Waals surface area contributed by atoms with Crippen molar-refractivity contribution in [1.82, 2.24) is 15.1 Å². The fourth-order valence-corrected chi connectivity index (χ4v) is 3.54. The van der Waals surface area contributed by atoms with Gasteiger partial charge in [-0.3, -0.25) is 14.5 Å². The summed E-state index contributed by atoms with van der Waals surface area (Å²) in [6.45, 7) is 5.03. The fraction of sp³-hybridized carbons (Fsp3) is 0.556. The van der Waals surface area contributed by atoms with Crippen LogP contribution in [-0.4, -0.2) is 84.3 Å². The average molecular weight is 400 g/mol. The molecule has 3 atom stereocenters. The minimum atomic E-state index is -0.851. The van der Waals surface area contributed by atoms with Crippen LogP contribution in [0.4, 0.5) is 4.39 Å². The predicted octanol–water partition coefficient (Wildman–Crippen LogP) is 0.501. The summed E-state index contributed by atoms with van der Waals surface area (Å²) in [6, 6.07) is 3.16. The number of hydrogen-bond donors (Lipinski definition) is 2. The number of aliphatic hydroxyl groups excluding tert-OH is 1. The highest BCUT2D eigenvalue weighted by atomic mass is 35.5. The molecule has 2 heterocycles. The van der Waals surface area contributed by atoms with Gasteiger partial charge in [0.1, 0.15) is 11.9 Å². The molecule has 2 amide bonds. The molecule has 2 N–H and O–H groups in total. The van der Waals surface area contributed by atoms with E-state index in [2.05, 4.69) is 10.2 Å². The second-order valence-corrected chi connectivity index (χ2v) is 7.29. The van der Waals surface area contributed by atoms with E-state index in [4.69, 9.17) is 16.3 Å². The lowest BCUT2D eigenvalue weighted by molar-refractivity contribution is -0.130. The smallest absolute Gasteiger partial charge is 0.251 e. The van der Waals surface area contributed by atoms with Gasteiger partial charge in [-0.15, -0.1) is 0 Å². The number of nitrogens with zero attached hydrogens (tertiary/aromatic N) is 2. The number of piperazine rings is 1. The summed E-state index contributed by atoms with van der Waals surface area (Å²) < 4.78 is 18.9. The molecule has 2 saturated heterocycles. The fourth-order valence-electron chi connectivity index (χ4n) is 3.36. The molecule has 0 radical (unpaired) electrons. The van der Waals surface area contributed by atoms with Gasteiger partial charge in [-0.2, -0.15) is 0 Å². The number of ether oxygens (including phenoxy) is 1. The van der Waals surface area contributed by atoms with Crippen LogP contribution in [0.3, 0.4) is 0 Å². The Morgan fingerprint density at radius 1 is 1.33 bits per heavy atom. The molecule has 1 aromatic rings. The maximum absolute atomic E-state index is 13.2. The third kappa shape index (κ3) is 4.76. The first-order valence-electron chi connectivity index (χ1n) is 8.88. The molecule has 0 bridgehead atoms. The molecule has 0 aliphatic carbocycles.